The lowest BCUT2D eigenvalue weighted by Gasteiger charge is -2.32. The standard InChI is InChI=1S/C18H23NO2/c20-18-16(13-15-5-2-1-3-6-15)7-4-8-17(18)14-19-9-11-21-12-10-19/h1-3,5-6,13,17H,4,7-12,14H2/b16-13-. The zero-order valence-corrected chi connectivity index (χ0v) is 12.5. The summed E-state index contributed by atoms with van der Waals surface area (Å²) in [6.07, 6.45) is 5.16. The van der Waals surface area contributed by atoms with Crippen LogP contribution in [0.3, 0.4) is 0 Å². The fourth-order valence-corrected chi connectivity index (χ4v) is 3.22. The van der Waals surface area contributed by atoms with Crippen molar-refractivity contribution in [3.05, 3.63) is 41.5 Å². The molecule has 1 aliphatic heterocycles. The highest BCUT2D eigenvalue weighted by atomic mass is 16.5. The van der Waals surface area contributed by atoms with Crippen LogP contribution in [-0.4, -0.2) is 43.5 Å². The summed E-state index contributed by atoms with van der Waals surface area (Å²) in [7, 11) is 0. The number of rotatable bonds is 3. The lowest BCUT2D eigenvalue weighted by Crippen LogP contribution is -2.42. The van der Waals surface area contributed by atoms with E-state index in [-0.39, 0.29) is 5.92 Å². The average molecular weight is 285 g/mol. The molecule has 0 N–H and O–H groups in total. The lowest BCUT2D eigenvalue weighted by molar-refractivity contribution is -0.121. The van der Waals surface area contributed by atoms with E-state index in [2.05, 4.69) is 23.1 Å². The van der Waals surface area contributed by atoms with Crippen molar-refractivity contribution in [2.24, 2.45) is 5.92 Å². The van der Waals surface area contributed by atoms with Gasteiger partial charge in [0, 0.05) is 25.6 Å². The van der Waals surface area contributed by atoms with Crippen LogP contribution in [0.2, 0.25) is 0 Å². The van der Waals surface area contributed by atoms with Crippen LogP contribution in [0.4, 0.5) is 0 Å². The molecule has 1 saturated heterocycles. The van der Waals surface area contributed by atoms with Crippen LogP contribution >= 0.6 is 0 Å². The smallest absolute Gasteiger partial charge is 0.163 e. The van der Waals surface area contributed by atoms with Crippen molar-refractivity contribution in [2.45, 2.75) is 19.3 Å². The topological polar surface area (TPSA) is 29.5 Å². The molecule has 2 fully saturated rings. The molecule has 3 rings (SSSR count). The second-order valence-electron chi connectivity index (χ2n) is 5.95. The van der Waals surface area contributed by atoms with Crippen LogP contribution < -0.4 is 0 Å². The van der Waals surface area contributed by atoms with Crippen LogP contribution in [-0.2, 0) is 9.53 Å². The summed E-state index contributed by atoms with van der Waals surface area (Å²) in [6, 6.07) is 10.2. The summed E-state index contributed by atoms with van der Waals surface area (Å²) in [5.41, 5.74) is 2.14. The monoisotopic (exact) mass is 285 g/mol. The number of allylic oxidation sites excluding steroid dienone is 1. The molecule has 0 spiro atoms. The Labute approximate surface area is 126 Å². The maximum Gasteiger partial charge on any atom is 0.163 e. The van der Waals surface area contributed by atoms with Gasteiger partial charge in [0.2, 0.25) is 0 Å². The predicted molar refractivity (Wildman–Crippen MR) is 84.0 cm³/mol. The number of benzene rings is 1. The summed E-state index contributed by atoms with van der Waals surface area (Å²) < 4.78 is 5.38. The van der Waals surface area contributed by atoms with Crippen molar-refractivity contribution in [2.75, 3.05) is 32.8 Å². The molecule has 3 nitrogen and oxygen atoms in total. The minimum atomic E-state index is 0.173. The molecule has 1 aromatic rings. The molecule has 112 valence electrons. The van der Waals surface area contributed by atoms with E-state index in [1.165, 1.54) is 0 Å². The zero-order chi connectivity index (χ0) is 14.5. The van der Waals surface area contributed by atoms with E-state index in [0.29, 0.717) is 5.78 Å². The van der Waals surface area contributed by atoms with Gasteiger partial charge in [-0.15, -0.1) is 0 Å². The second kappa shape index (κ2) is 7.01. The maximum absolute atomic E-state index is 12.7. The van der Waals surface area contributed by atoms with Crippen molar-refractivity contribution in [3.8, 4) is 0 Å². The number of ketones is 1. The Hall–Kier alpha value is -1.45. The van der Waals surface area contributed by atoms with E-state index in [0.717, 1.165) is 63.2 Å². The van der Waals surface area contributed by atoms with Crippen molar-refractivity contribution < 1.29 is 9.53 Å². The van der Waals surface area contributed by atoms with Crippen LogP contribution in [0, 0.1) is 5.92 Å². The number of nitrogens with zero attached hydrogens (tertiary/aromatic N) is 1. The zero-order valence-electron chi connectivity index (χ0n) is 12.5. The Kier molecular flexibility index (Phi) is 4.84. The van der Waals surface area contributed by atoms with Gasteiger partial charge in [0.25, 0.3) is 0 Å². The van der Waals surface area contributed by atoms with Crippen LogP contribution in [0.5, 0.6) is 0 Å². The number of hydrogen-bond donors (Lipinski definition) is 0. The Morgan fingerprint density at radius 2 is 1.95 bits per heavy atom. The molecule has 1 aliphatic carbocycles. The van der Waals surface area contributed by atoms with Gasteiger partial charge in [0.05, 0.1) is 13.2 Å². The van der Waals surface area contributed by atoms with Gasteiger partial charge in [-0.1, -0.05) is 30.3 Å². The van der Waals surface area contributed by atoms with Crippen molar-refractivity contribution in [3.63, 3.8) is 0 Å². The minimum Gasteiger partial charge on any atom is -0.379 e. The molecule has 1 aromatic carbocycles. The maximum atomic E-state index is 12.7. The molecular weight excluding hydrogens is 262 g/mol. The number of Topliss-reactive ketones (excluding diaryl/α,β-unsaturated/α-hetero) is 1. The number of carbonyl (C=O) groups excluding carboxylic acids is 1. The third-order valence-electron chi connectivity index (χ3n) is 4.41. The van der Waals surface area contributed by atoms with Crippen molar-refractivity contribution >= 4 is 11.9 Å². The van der Waals surface area contributed by atoms with Gasteiger partial charge in [-0.2, -0.15) is 0 Å². The highest BCUT2D eigenvalue weighted by molar-refractivity contribution is 6.01. The van der Waals surface area contributed by atoms with Gasteiger partial charge in [-0.3, -0.25) is 9.69 Å². The molecule has 2 aliphatic rings. The fraction of sp³-hybridized carbons (Fsp3) is 0.500. The van der Waals surface area contributed by atoms with Crippen LogP contribution in [0.25, 0.3) is 6.08 Å². The third-order valence-corrected chi connectivity index (χ3v) is 4.41. The largest absolute Gasteiger partial charge is 0.379 e. The average Bonchev–Trinajstić information content (AvgIpc) is 2.53. The summed E-state index contributed by atoms with van der Waals surface area (Å²) in [5.74, 6) is 0.531. The summed E-state index contributed by atoms with van der Waals surface area (Å²) in [4.78, 5) is 15.0. The van der Waals surface area contributed by atoms with Crippen molar-refractivity contribution in [1.29, 1.82) is 0 Å². The highest BCUT2D eigenvalue weighted by Gasteiger charge is 2.28. The first kappa shape index (κ1) is 14.5. The first-order valence-corrected chi connectivity index (χ1v) is 7.93. The van der Waals surface area contributed by atoms with E-state index in [1.54, 1.807) is 0 Å². The molecule has 0 radical (unpaired) electrons. The lowest BCUT2D eigenvalue weighted by atomic mass is 9.83. The van der Waals surface area contributed by atoms with Crippen molar-refractivity contribution in [1.82, 2.24) is 4.90 Å². The predicted octanol–water partition coefficient (Wildman–Crippen LogP) is 2.77. The van der Waals surface area contributed by atoms with Crippen LogP contribution in [0.1, 0.15) is 24.8 Å². The molecular formula is C18H23NO2. The Morgan fingerprint density at radius 3 is 2.71 bits per heavy atom. The molecule has 1 atom stereocenters. The number of morpholine rings is 1. The SMILES string of the molecule is O=C1/C(=C\c2ccccc2)CCCC1CN1CCOCC1. The number of hydrogen-bond acceptors (Lipinski definition) is 3. The molecule has 3 heteroatoms. The number of ether oxygens (including phenoxy) is 1. The minimum absolute atomic E-state index is 0.173. The van der Waals surface area contributed by atoms with Gasteiger partial charge in [0.15, 0.2) is 5.78 Å². The first-order valence-electron chi connectivity index (χ1n) is 7.93. The molecule has 1 saturated carbocycles. The third kappa shape index (κ3) is 3.80. The van der Waals surface area contributed by atoms with E-state index in [1.807, 2.05) is 18.2 Å². The van der Waals surface area contributed by atoms with E-state index < -0.39 is 0 Å². The van der Waals surface area contributed by atoms with Gasteiger partial charge < -0.3 is 4.74 Å². The Morgan fingerprint density at radius 1 is 1.19 bits per heavy atom. The molecule has 1 heterocycles. The second-order valence-corrected chi connectivity index (χ2v) is 5.95. The number of carbonyl (C=O) groups is 1. The molecule has 1 unspecified atom stereocenters. The van der Waals surface area contributed by atoms with Gasteiger partial charge in [-0.25, -0.2) is 0 Å². The summed E-state index contributed by atoms with van der Waals surface area (Å²) in [6.45, 7) is 4.42. The molecule has 0 bridgehead atoms. The highest BCUT2D eigenvalue weighted by Crippen LogP contribution is 2.27. The molecule has 0 aromatic heterocycles. The van der Waals surface area contributed by atoms with Crippen LogP contribution in [0.15, 0.2) is 35.9 Å². The first-order chi connectivity index (χ1) is 10.3. The van der Waals surface area contributed by atoms with Gasteiger partial charge >= 0.3 is 0 Å². The summed E-state index contributed by atoms with van der Waals surface area (Å²) in [5, 5.41) is 0. The Balaban J connectivity index is 1.67. The van der Waals surface area contributed by atoms with Gasteiger partial charge in [-0.05, 0) is 36.5 Å². The van der Waals surface area contributed by atoms with E-state index in [4.69, 9.17) is 4.74 Å². The quantitative estimate of drug-likeness (QED) is 0.800. The fourth-order valence-electron chi connectivity index (χ4n) is 3.22. The normalized spacial score (nSPS) is 26.2. The van der Waals surface area contributed by atoms with Gasteiger partial charge in [0.1, 0.15) is 0 Å². The molecule has 21 heavy (non-hydrogen) atoms. The van der Waals surface area contributed by atoms with E-state index >= 15 is 0 Å². The van der Waals surface area contributed by atoms with E-state index in [9.17, 15) is 4.79 Å². The molecule has 0 amide bonds. The summed E-state index contributed by atoms with van der Waals surface area (Å²) >= 11 is 0. The Bertz CT molecular complexity index is 503.